The highest BCUT2D eigenvalue weighted by Crippen LogP contribution is 2.25. The summed E-state index contributed by atoms with van der Waals surface area (Å²) in [6.07, 6.45) is 2.13. The highest BCUT2D eigenvalue weighted by atomic mass is 35.5. The van der Waals surface area contributed by atoms with E-state index in [1.807, 2.05) is 6.92 Å². The lowest BCUT2D eigenvalue weighted by Gasteiger charge is -2.30. The maximum absolute atomic E-state index is 5.96. The molecule has 0 spiro atoms. The predicted octanol–water partition coefficient (Wildman–Crippen LogP) is 4.02. The van der Waals surface area contributed by atoms with Crippen LogP contribution in [-0.4, -0.2) is 22.8 Å². The quantitative estimate of drug-likeness (QED) is 0.704. The number of anilines is 1. The van der Waals surface area contributed by atoms with Crippen LogP contribution >= 0.6 is 11.6 Å². The van der Waals surface area contributed by atoms with Crippen molar-refractivity contribution in [3.8, 4) is 0 Å². The SMILES string of the molecule is CCC(CC)N(CC(C)C)c1nnc(C(C)Cl)o1. The highest BCUT2D eigenvalue weighted by molar-refractivity contribution is 6.20. The van der Waals surface area contributed by atoms with Gasteiger partial charge in [-0.05, 0) is 25.7 Å². The first-order chi connectivity index (χ1) is 8.49. The van der Waals surface area contributed by atoms with Crippen LogP contribution in [0.15, 0.2) is 4.42 Å². The fourth-order valence-electron chi connectivity index (χ4n) is 2.01. The minimum atomic E-state index is -0.242. The van der Waals surface area contributed by atoms with E-state index < -0.39 is 0 Å². The van der Waals surface area contributed by atoms with Crippen LogP contribution in [0, 0.1) is 5.92 Å². The molecule has 5 heteroatoms. The van der Waals surface area contributed by atoms with Crippen molar-refractivity contribution in [1.29, 1.82) is 0 Å². The molecule has 0 N–H and O–H groups in total. The molecule has 1 aromatic rings. The Morgan fingerprint density at radius 3 is 2.17 bits per heavy atom. The number of nitrogens with zero attached hydrogens (tertiary/aromatic N) is 3. The zero-order chi connectivity index (χ0) is 13.7. The van der Waals surface area contributed by atoms with Gasteiger partial charge < -0.3 is 9.32 Å². The molecule has 0 amide bonds. The lowest BCUT2D eigenvalue weighted by atomic mass is 10.1. The van der Waals surface area contributed by atoms with Crippen LogP contribution in [-0.2, 0) is 0 Å². The third-order valence-electron chi connectivity index (χ3n) is 2.96. The average Bonchev–Trinajstić information content (AvgIpc) is 2.78. The topological polar surface area (TPSA) is 42.2 Å². The molecule has 0 aliphatic rings. The van der Waals surface area contributed by atoms with Crippen LogP contribution in [0.2, 0.25) is 0 Å². The van der Waals surface area contributed by atoms with E-state index in [2.05, 4.69) is 42.8 Å². The Labute approximate surface area is 115 Å². The van der Waals surface area contributed by atoms with Gasteiger partial charge in [0.2, 0.25) is 5.89 Å². The van der Waals surface area contributed by atoms with Crippen LogP contribution in [0.1, 0.15) is 58.7 Å². The first kappa shape index (κ1) is 15.3. The lowest BCUT2D eigenvalue weighted by molar-refractivity contribution is 0.430. The Morgan fingerprint density at radius 2 is 1.78 bits per heavy atom. The van der Waals surface area contributed by atoms with Gasteiger partial charge in [-0.1, -0.05) is 32.8 Å². The Kier molecular flexibility index (Phi) is 5.93. The van der Waals surface area contributed by atoms with E-state index in [0.29, 0.717) is 23.9 Å². The molecular weight excluding hydrogens is 250 g/mol. The molecule has 0 bridgehead atoms. The summed E-state index contributed by atoms with van der Waals surface area (Å²) in [5.41, 5.74) is 0. The van der Waals surface area contributed by atoms with Crippen molar-refractivity contribution in [2.75, 3.05) is 11.4 Å². The van der Waals surface area contributed by atoms with Crippen LogP contribution in [0.3, 0.4) is 0 Å². The van der Waals surface area contributed by atoms with Crippen molar-refractivity contribution in [2.24, 2.45) is 5.92 Å². The minimum absolute atomic E-state index is 0.242. The zero-order valence-corrected chi connectivity index (χ0v) is 12.7. The summed E-state index contributed by atoms with van der Waals surface area (Å²) in [7, 11) is 0. The molecule has 1 aromatic heterocycles. The Balaban J connectivity index is 2.93. The van der Waals surface area contributed by atoms with Gasteiger partial charge in [0.05, 0.1) is 0 Å². The van der Waals surface area contributed by atoms with Crippen LogP contribution in [0.5, 0.6) is 0 Å². The number of aromatic nitrogens is 2. The summed E-state index contributed by atoms with van der Waals surface area (Å²) >= 11 is 5.96. The minimum Gasteiger partial charge on any atom is -0.406 e. The van der Waals surface area contributed by atoms with E-state index in [-0.39, 0.29) is 5.38 Å². The first-order valence-corrected chi connectivity index (χ1v) is 7.17. The molecule has 0 saturated heterocycles. The Hall–Kier alpha value is -0.770. The lowest BCUT2D eigenvalue weighted by Crippen LogP contribution is -2.37. The van der Waals surface area contributed by atoms with Gasteiger partial charge in [-0.3, -0.25) is 0 Å². The van der Waals surface area contributed by atoms with E-state index in [4.69, 9.17) is 16.0 Å². The maximum Gasteiger partial charge on any atom is 0.318 e. The number of halogens is 1. The third-order valence-corrected chi connectivity index (χ3v) is 3.15. The van der Waals surface area contributed by atoms with Crippen molar-refractivity contribution in [3.05, 3.63) is 5.89 Å². The van der Waals surface area contributed by atoms with Crippen molar-refractivity contribution in [2.45, 2.75) is 58.9 Å². The van der Waals surface area contributed by atoms with Gasteiger partial charge in [0, 0.05) is 12.6 Å². The summed E-state index contributed by atoms with van der Waals surface area (Å²) in [5, 5.41) is 7.90. The Bertz CT molecular complexity index is 348. The molecule has 0 aliphatic carbocycles. The fourth-order valence-corrected chi connectivity index (χ4v) is 2.10. The van der Waals surface area contributed by atoms with Crippen molar-refractivity contribution in [3.63, 3.8) is 0 Å². The second-order valence-electron chi connectivity index (χ2n) is 5.06. The number of hydrogen-bond donors (Lipinski definition) is 0. The van der Waals surface area contributed by atoms with E-state index >= 15 is 0 Å². The van der Waals surface area contributed by atoms with Gasteiger partial charge in [-0.2, -0.15) is 0 Å². The van der Waals surface area contributed by atoms with E-state index in [1.165, 1.54) is 0 Å². The molecule has 0 fully saturated rings. The molecule has 1 atom stereocenters. The smallest absolute Gasteiger partial charge is 0.318 e. The van der Waals surface area contributed by atoms with Crippen molar-refractivity contribution in [1.82, 2.24) is 10.2 Å². The van der Waals surface area contributed by atoms with Gasteiger partial charge in [0.25, 0.3) is 0 Å². The zero-order valence-electron chi connectivity index (χ0n) is 12.0. The van der Waals surface area contributed by atoms with Crippen LogP contribution in [0.4, 0.5) is 6.01 Å². The third kappa shape index (κ3) is 3.87. The predicted molar refractivity (Wildman–Crippen MR) is 75.1 cm³/mol. The van der Waals surface area contributed by atoms with Gasteiger partial charge in [-0.25, -0.2) is 0 Å². The van der Waals surface area contributed by atoms with Crippen molar-refractivity contribution < 1.29 is 4.42 Å². The first-order valence-electron chi connectivity index (χ1n) is 6.73. The number of alkyl halides is 1. The summed E-state index contributed by atoms with van der Waals surface area (Å²) in [6.45, 7) is 11.5. The molecule has 0 saturated carbocycles. The molecule has 1 heterocycles. The largest absolute Gasteiger partial charge is 0.406 e. The number of hydrogen-bond acceptors (Lipinski definition) is 4. The number of rotatable bonds is 7. The molecule has 104 valence electrons. The van der Waals surface area contributed by atoms with E-state index in [0.717, 1.165) is 19.4 Å². The van der Waals surface area contributed by atoms with E-state index in [9.17, 15) is 0 Å². The van der Waals surface area contributed by atoms with Gasteiger partial charge in [0.1, 0.15) is 5.38 Å². The molecule has 0 aromatic carbocycles. The van der Waals surface area contributed by atoms with Gasteiger partial charge >= 0.3 is 6.01 Å². The second kappa shape index (κ2) is 6.98. The molecule has 0 aliphatic heterocycles. The molecule has 0 radical (unpaired) electrons. The summed E-state index contributed by atoms with van der Waals surface area (Å²) in [4.78, 5) is 2.21. The molecular formula is C13H24ClN3O. The average molecular weight is 274 g/mol. The molecule has 4 nitrogen and oxygen atoms in total. The molecule has 18 heavy (non-hydrogen) atoms. The Morgan fingerprint density at radius 1 is 1.17 bits per heavy atom. The monoisotopic (exact) mass is 273 g/mol. The summed E-state index contributed by atoms with van der Waals surface area (Å²) < 4.78 is 5.66. The maximum atomic E-state index is 5.96. The highest BCUT2D eigenvalue weighted by Gasteiger charge is 2.23. The van der Waals surface area contributed by atoms with Gasteiger partial charge in [-0.15, -0.1) is 16.7 Å². The fraction of sp³-hybridized carbons (Fsp3) is 0.846. The van der Waals surface area contributed by atoms with Crippen LogP contribution in [0.25, 0.3) is 0 Å². The normalized spacial score (nSPS) is 13.3. The van der Waals surface area contributed by atoms with Gasteiger partial charge in [0.15, 0.2) is 0 Å². The molecule has 1 unspecified atom stereocenters. The summed E-state index contributed by atoms with van der Waals surface area (Å²) in [5.74, 6) is 1.04. The van der Waals surface area contributed by atoms with Crippen LogP contribution < -0.4 is 4.90 Å². The van der Waals surface area contributed by atoms with Crippen molar-refractivity contribution >= 4 is 17.6 Å². The molecule has 1 rings (SSSR count). The summed E-state index contributed by atoms with van der Waals surface area (Å²) in [6, 6.07) is 1.03. The second-order valence-corrected chi connectivity index (χ2v) is 5.71. The van der Waals surface area contributed by atoms with E-state index in [1.54, 1.807) is 0 Å². The standard InChI is InChI=1S/C13H24ClN3O/c1-6-11(7-2)17(8-9(3)4)13-16-15-12(18-13)10(5)14/h9-11H,6-8H2,1-5H3.